The maximum atomic E-state index is 10.2. The van der Waals surface area contributed by atoms with Crippen molar-refractivity contribution in [1.82, 2.24) is 14.4 Å². The summed E-state index contributed by atoms with van der Waals surface area (Å²) in [5.41, 5.74) is 9.20. The normalized spacial score (nSPS) is 11.0. The minimum absolute atomic E-state index is 0.0213. The van der Waals surface area contributed by atoms with E-state index in [2.05, 4.69) is 21.9 Å². The first-order valence-corrected chi connectivity index (χ1v) is 8.45. The highest BCUT2D eigenvalue weighted by atomic mass is 35.5. The Hall–Kier alpha value is -3.45. The third-order valence-electron chi connectivity index (χ3n) is 4.14. The van der Waals surface area contributed by atoms with Gasteiger partial charge in [-0.25, -0.2) is 9.97 Å². The Morgan fingerprint density at radius 3 is 2.89 bits per heavy atom. The van der Waals surface area contributed by atoms with Crippen molar-refractivity contribution in [2.45, 2.75) is 6.92 Å². The zero-order valence-electron chi connectivity index (χ0n) is 14.4. The number of anilines is 2. The maximum absolute atomic E-state index is 10.2. The predicted octanol–water partition coefficient (Wildman–Crippen LogP) is 4.10. The minimum Gasteiger partial charge on any atom is -0.504 e. The molecule has 0 atom stereocenters. The van der Waals surface area contributed by atoms with Gasteiger partial charge in [-0.2, -0.15) is 0 Å². The molecule has 4 rings (SSSR count). The van der Waals surface area contributed by atoms with Crippen molar-refractivity contribution in [3.63, 3.8) is 0 Å². The van der Waals surface area contributed by atoms with Crippen molar-refractivity contribution in [3.8, 4) is 11.5 Å². The van der Waals surface area contributed by atoms with E-state index in [-0.39, 0.29) is 17.4 Å². The number of halogens is 1. The number of rotatable bonds is 4. The van der Waals surface area contributed by atoms with Crippen molar-refractivity contribution in [2.24, 2.45) is 5.73 Å². The summed E-state index contributed by atoms with van der Waals surface area (Å²) >= 11 is 6.33. The van der Waals surface area contributed by atoms with E-state index in [1.807, 2.05) is 23.5 Å². The fourth-order valence-electron chi connectivity index (χ4n) is 2.89. The predicted molar refractivity (Wildman–Crippen MR) is 106 cm³/mol. The number of aromatic nitrogens is 3. The van der Waals surface area contributed by atoms with Gasteiger partial charge in [0.25, 0.3) is 0 Å². The number of imidazole rings is 1. The zero-order chi connectivity index (χ0) is 19.1. The number of phenols is 1. The highest BCUT2D eigenvalue weighted by molar-refractivity contribution is 6.33. The fraction of sp³-hybridized carbons (Fsp3) is 0.0526. The van der Waals surface area contributed by atoms with Crippen molar-refractivity contribution in [2.75, 3.05) is 5.32 Å². The Labute approximate surface area is 159 Å². The van der Waals surface area contributed by atoms with E-state index in [0.717, 1.165) is 16.8 Å². The lowest BCUT2D eigenvalue weighted by Crippen LogP contribution is -2.04. The van der Waals surface area contributed by atoms with Crippen LogP contribution in [0, 0.1) is 6.92 Å². The van der Waals surface area contributed by atoms with Crippen LogP contribution >= 0.6 is 11.6 Å². The molecular weight excluding hydrogens is 366 g/mol. The molecular formula is C19H16ClN5O2. The quantitative estimate of drug-likeness (QED) is 0.460. The van der Waals surface area contributed by atoms with Crippen molar-refractivity contribution in [3.05, 3.63) is 65.9 Å². The number of hydrogen-bond donors (Lipinski definition) is 3. The molecule has 136 valence electrons. The van der Waals surface area contributed by atoms with Gasteiger partial charge in [-0.15, -0.1) is 0 Å². The number of hydrogen-bond acceptors (Lipinski definition) is 6. The molecule has 8 heteroatoms. The van der Waals surface area contributed by atoms with Gasteiger partial charge >= 0.3 is 0 Å². The summed E-state index contributed by atoms with van der Waals surface area (Å²) in [5, 5.41) is 14.1. The molecule has 7 nitrogen and oxygen atoms in total. The Morgan fingerprint density at radius 1 is 1.33 bits per heavy atom. The number of aryl methyl sites for hydroxylation is 1. The van der Waals surface area contributed by atoms with Crippen LogP contribution in [0.2, 0.25) is 5.02 Å². The van der Waals surface area contributed by atoms with Crippen LogP contribution in [0.3, 0.4) is 0 Å². The molecule has 0 spiro atoms. The van der Waals surface area contributed by atoms with Gasteiger partial charge < -0.3 is 20.9 Å². The van der Waals surface area contributed by atoms with Crippen molar-refractivity contribution < 1.29 is 9.84 Å². The molecule has 4 N–H and O–H groups in total. The topological polar surface area (TPSA) is 97.7 Å². The van der Waals surface area contributed by atoms with Gasteiger partial charge in [0.15, 0.2) is 23.2 Å². The highest BCUT2D eigenvalue weighted by Crippen LogP contribution is 2.35. The number of aromatic hydroxyl groups is 1. The van der Waals surface area contributed by atoms with E-state index in [1.54, 1.807) is 24.7 Å². The highest BCUT2D eigenvalue weighted by Gasteiger charge is 2.15. The number of ether oxygens (including phenoxy) is 1. The Balaban J connectivity index is 1.92. The molecule has 0 aliphatic carbocycles. The van der Waals surface area contributed by atoms with Gasteiger partial charge in [-0.3, -0.25) is 4.40 Å². The standard InChI is InChI=1S/C19H16ClN5O2/c1-10-4-3-5-12(20)18(10)24-19-15-8-22-9-25(15)14-7-17(27-11(2)21)16(26)6-13(14)23-19/h3-9,26H,2,21H2,1H3,(H,23,24). The second kappa shape index (κ2) is 6.37. The second-order valence-electron chi connectivity index (χ2n) is 6.04. The number of fused-ring (bicyclic) bond motifs is 3. The Bertz CT molecular complexity index is 1180. The molecule has 0 saturated carbocycles. The monoisotopic (exact) mass is 381 g/mol. The number of phenolic OH excluding ortho intramolecular Hbond substituents is 1. The van der Waals surface area contributed by atoms with E-state index >= 15 is 0 Å². The first-order valence-electron chi connectivity index (χ1n) is 8.07. The zero-order valence-corrected chi connectivity index (χ0v) is 15.2. The number of nitrogens with two attached hydrogens (primary N) is 1. The summed E-state index contributed by atoms with van der Waals surface area (Å²) in [6, 6.07) is 8.78. The molecule has 4 aromatic rings. The lowest BCUT2D eigenvalue weighted by atomic mass is 10.2. The molecule has 2 aromatic carbocycles. The number of benzene rings is 2. The Kier molecular flexibility index (Phi) is 4.01. The maximum Gasteiger partial charge on any atom is 0.183 e. The molecule has 0 fully saturated rings. The molecule has 0 radical (unpaired) electrons. The molecule has 0 saturated heterocycles. The molecule has 2 heterocycles. The van der Waals surface area contributed by atoms with Crippen molar-refractivity contribution in [1.29, 1.82) is 0 Å². The Morgan fingerprint density at radius 2 is 2.15 bits per heavy atom. The van der Waals surface area contributed by atoms with Crippen LogP contribution < -0.4 is 15.8 Å². The SMILES string of the molecule is C=C(N)Oc1cc2c(cc1O)nc(Nc1c(C)cccc1Cl)c1cncn12. The summed E-state index contributed by atoms with van der Waals surface area (Å²) in [6.07, 6.45) is 3.35. The molecule has 0 amide bonds. The summed E-state index contributed by atoms with van der Waals surface area (Å²) in [6.45, 7) is 5.44. The minimum atomic E-state index is -0.0964. The summed E-state index contributed by atoms with van der Waals surface area (Å²) in [7, 11) is 0. The molecule has 0 aliphatic heterocycles. The van der Waals surface area contributed by atoms with Gasteiger partial charge in [0.2, 0.25) is 0 Å². The average Bonchev–Trinajstić information content (AvgIpc) is 3.09. The number of nitrogens with one attached hydrogen (secondary N) is 1. The van der Waals surface area contributed by atoms with Crippen molar-refractivity contribution >= 4 is 39.7 Å². The van der Waals surface area contributed by atoms with Gasteiger partial charge in [-0.05, 0) is 25.1 Å². The third kappa shape index (κ3) is 2.98. The van der Waals surface area contributed by atoms with E-state index in [0.29, 0.717) is 21.9 Å². The largest absolute Gasteiger partial charge is 0.504 e. The summed E-state index contributed by atoms with van der Waals surface area (Å²) < 4.78 is 7.11. The summed E-state index contributed by atoms with van der Waals surface area (Å²) in [5.74, 6) is 0.634. The molecule has 27 heavy (non-hydrogen) atoms. The van der Waals surface area contributed by atoms with E-state index in [9.17, 15) is 5.11 Å². The first-order chi connectivity index (χ1) is 12.9. The molecule has 0 bridgehead atoms. The van der Waals surface area contributed by atoms with Crippen LogP contribution in [-0.4, -0.2) is 19.5 Å². The smallest absolute Gasteiger partial charge is 0.183 e. The molecule has 0 aliphatic rings. The van der Waals surface area contributed by atoms with Crippen LogP contribution in [0.15, 0.2) is 55.3 Å². The van der Waals surface area contributed by atoms with Gasteiger partial charge in [-0.1, -0.05) is 23.7 Å². The first kappa shape index (κ1) is 17.0. The van der Waals surface area contributed by atoms with Crippen LogP contribution in [0.1, 0.15) is 5.56 Å². The lowest BCUT2D eigenvalue weighted by Gasteiger charge is -2.14. The third-order valence-corrected chi connectivity index (χ3v) is 4.45. The number of para-hydroxylation sites is 1. The van der Waals surface area contributed by atoms with Crippen LogP contribution in [0.4, 0.5) is 11.5 Å². The average molecular weight is 382 g/mol. The summed E-state index contributed by atoms with van der Waals surface area (Å²) in [4.78, 5) is 8.85. The van der Waals surface area contributed by atoms with Crippen LogP contribution in [0.5, 0.6) is 11.5 Å². The number of nitrogens with zero attached hydrogens (tertiary/aromatic N) is 3. The van der Waals surface area contributed by atoms with E-state index < -0.39 is 0 Å². The van der Waals surface area contributed by atoms with E-state index in [1.165, 1.54) is 6.07 Å². The van der Waals surface area contributed by atoms with Crippen LogP contribution in [-0.2, 0) is 0 Å². The van der Waals surface area contributed by atoms with E-state index in [4.69, 9.17) is 22.1 Å². The van der Waals surface area contributed by atoms with Gasteiger partial charge in [0, 0.05) is 12.1 Å². The van der Waals surface area contributed by atoms with Crippen LogP contribution in [0.25, 0.3) is 16.6 Å². The lowest BCUT2D eigenvalue weighted by molar-refractivity contribution is 0.380. The second-order valence-corrected chi connectivity index (χ2v) is 6.45. The van der Waals surface area contributed by atoms with Gasteiger partial charge in [0.05, 0.1) is 34.3 Å². The van der Waals surface area contributed by atoms with Gasteiger partial charge in [0.1, 0.15) is 5.52 Å². The fourth-order valence-corrected chi connectivity index (χ4v) is 3.16. The molecule has 0 unspecified atom stereocenters. The molecule has 2 aromatic heterocycles.